The average molecular weight is 386 g/mol. The Labute approximate surface area is 166 Å². The van der Waals surface area contributed by atoms with Crippen molar-refractivity contribution < 1.29 is 5.11 Å². The van der Waals surface area contributed by atoms with Gasteiger partial charge in [0, 0.05) is 16.7 Å². The average Bonchev–Trinajstić information content (AvgIpc) is 3.10. The maximum absolute atomic E-state index is 11.3. The smallest absolute Gasteiger partial charge is 0.127 e. The molecule has 0 unspecified atom stereocenters. The van der Waals surface area contributed by atoms with Gasteiger partial charge in [0.15, 0.2) is 0 Å². The SMILES string of the molecule is CCC(C)(C)c1cc(-c2c(Cl)ccc3[nH]nnc23)c(O)c(C(C)(C)CC)c1. The molecule has 2 N–H and O–H groups in total. The predicted molar refractivity (Wildman–Crippen MR) is 113 cm³/mol. The van der Waals surface area contributed by atoms with Gasteiger partial charge >= 0.3 is 0 Å². The van der Waals surface area contributed by atoms with Crippen LogP contribution in [0.15, 0.2) is 24.3 Å². The molecule has 2 aromatic carbocycles. The van der Waals surface area contributed by atoms with E-state index in [0.29, 0.717) is 10.5 Å². The summed E-state index contributed by atoms with van der Waals surface area (Å²) in [5.41, 5.74) is 4.85. The second-order valence-electron chi connectivity index (χ2n) is 8.53. The van der Waals surface area contributed by atoms with E-state index in [1.807, 2.05) is 12.1 Å². The van der Waals surface area contributed by atoms with Crippen LogP contribution in [0.4, 0.5) is 0 Å². The predicted octanol–water partition coefficient (Wildman–Crippen LogP) is 6.36. The summed E-state index contributed by atoms with van der Waals surface area (Å²) in [6.45, 7) is 13.1. The van der Waals surface area contributed by atoms with E-state index >= 15 is 0 Å². The number of hydrogen-bond acceptors (Lipinski definition) is 3. The molecule has 3 aromatic rings. The van der Waals surface area contributed by atoms with Gasteiger partial charge in [-0.25, -0.2) is 0 Å². The van der Waals surface area contributed by atoms with Crippen molar-refractivity contribution in [2.75, 3.05) is 0 Å². The number of phenols is 1. The number of halogens is 1. The summed E-state index contributed by atoms with van der Waals surface area (Å²) in [5.74, 6) is 0.273. The van der Waals surface area contributed by atoms with E-state index in [1.165, 1.54) is 5.56 Å². The molecule has 4 nitrogen and oxygen atoms in total. The van der Waals surface area contributed by atoms with Crippen LogP contribution in [-0.2, 0) is 10.8 Å². The molecule has 0 saturated carbocycles. The molecule has 0 aliphatic heterocycles. The van der Waals surface area contributed by atoms with Crippen molar-refractivity contribution in [1.29, 1.82) is 0 Å². The minimum Gasteiger partial charge on any atom is -0.507 e. The van der Waals surface area contributed by atoms with Gasteiger partial charge in [-0.15, -0.1) is 5.10 Å². The minimum atomic E-state index is -0.164. The van der Waals surface area contributed by atoms with E-state index < -0.39 is 0 Å². The Morgan fingerprint density at radius 2 is 1.70 bits per heavy atom. The Bertz CT molecular complexity index is 989. The zero-order chi connectivity index (χ0) is 20.0. The lowest BCUT2D eigenvalue weighted by atomic mass is 9.74. The van der Waals surface area contributed by atoms with Crippen LogP contribution in [-0.4, -0.2) is 20.5 Å². The molecule has 27 heavy (non-hydrogen) atoms. The molecule has 1 heterocycles. The van der Waals surface area contributed by atoms with Gasteiger partial charge < -0.3 is 5.11 Å². The molecule has 0 spiro atoms. The summed E-state index contributed by atoms with van der Waals surface area (Å²) in [5, 5.41) is 22.9. The van der Waals surface area contributed by atoms with Crippen LogP contribution in [0.1, 0.15) is 65.5 Å². The third-order valence-electron chi connectivity index (χ3n) is 6.11. The Morgan fingerprint density at radius 1 is 1.04 bits per heavy atom. The number of hydrogen-bond donors (Lipinski definition) is 2. The number of nitrogens with zero attached hydrogens (tertiary/aromatic N) is 2. The molecule has 0 radical (unpaired) electrons. The number of aromatic nitrogens is 3. The van der Waals surface area contributed by atoms with Crippen molar-refractivity contribution in [3.63, 3.8) is 0 Å². The second-order valence-corrected chi connectivity index (χ2v) is 8.93. The van der Waals surface area contributed by atoms with Gasteiger partial charge in [0.05, 0.1) is 10.5 Å². The molecule has 144 valence electrons. The molecule has 0 atom stereocenters. The van der Waals surface area contributed by atoms with Gasteiger partial charge in [-0.3, -0.25) is 5.10 Å². The number of nitrogens with one attached hydrogen (secondary N) is 1. The van der Waals surface area contributed by atoms with Crippen molar-refractivity contribution in [3.8, 4) is 16.9 Å². The lowest BCUT2D eigenvalue weighted by Crippen LogP contribution is -2.20. The third-order valence-corrected chi connectivity index (χ3v) is 6.42. The van der Waals surface area contributed by atoms with Crippen molar-refractivity contribution in [1.82, 2.24) is 15.4 Å². The lowest BCUT2D eigenvalue weighted by Gasteiger charge is -2.31. The highest BCUT2D eigenvalue weighted by molar-refractivity contribution is 6.35. The van der Waals surface area contributed by atoms with Crippen LogP contribution in [0.2, 0.25) is 5.02 Å². The molecule has 0 aliphatic carbocycles. The fraction of sp³-hybridized carbons (Fsp3) is 0.455. The van der Waals surface area contributed by atoms with Crippen molar-refractivity contribution in [2.45, 2.75) is 65.2 Å². The van der Waals surface area contributed by atoms with Gasteiger partial charge in [-0.1, -0.05) is 64.4 Å². The highest BCUT2D eigenvalue weighted by Crippen LogP contribution is 2.46. The Kier molecular flexibility index (Phi) is 4.98. The summed E-state index contributed by atoms with van der Waals surface area (Å²) in [6.07, 6.45) is 1.91. The highest BCUT2D eigenvalue weighted by Gasteiger charge is 2.29. The molecule has 1 aromatic heterocycles. The number of benzene rings is 2. The molecule has 0 fully saturated rings. The molecule has 0 aliphatic rings. The topological polar surface area (TPSA) is 61.8 Å². The van der Waals surface area contributed by atoms with Gasteiger partial charge in [-0.05, 0) is 47.4 Å². The molecular formula is C22H28ClN3O. The molecule has 5 heteroatoms. The van der Waals surface area contributed by atoms with E-state index in [2.05, 4.69) is 69.1 Å². The molecule has 0 saturated heterocycles. The maximum Gasteiger partial charge on any atom is 0.127 e. The fourth-order valence-corrected chi connectivity index (χ4v) is 3.53. The maximum atomic E-state index is 11.3. The van der Waals surface area contributed by atoms with E-state index in [4.69, 9.17) is 11.6 Å². The van der Waals surface area contributed by atoms with Crippen molar-refractivity contribution in [3.05, 3.63) is 40.4 Å². The number of aromatic hydroxyl groups is 1. The van der Waals surface area contributed by atoms with Crippen LogP contribution in [0.3, 0.4) is 0 Å². The standard InChI is InChI=1S/C22H28ClN3O/c1-7-21(3,4)13-11-14(20(27)15(12-13)22(5,6)8-2)18-16(23)9-10-17-19(18)25-26-24-17/h9-12,27H,7-8H2,1-6H3,(H,24,25,26). The van der Waals surface area contributed by atoms with Crippen LogP contribution in [0, 0.1) is 0 Å². The lowest BCUT2D eigenvalue weighted by molar-refractivity contribution is 0.426. The number of aromatic amines is 1. The zero-order valence-corrected chi connectivity index (χ0v) is 17.7. The Hall–Kier alpha value is -2.07. The van der Waals surface area contributed by atoms with Gasteiger partial charge in [0.25, 0.3) is 0 Å². The van der Waals surface area contributed by atoms with E-state index in [0.717, 1.165) is 35.0 Å². The zero-order valence-electron chi connectivity index (χ0n) is 16.9. The van der Waals surface area contributed by atoms with Crippen LogP contribution in [0.25, 0.3) is 22.2 Å². The van der Waals surface area contributed by atoms with E-state index in [1.54, 1.807) is 0 Å². The first-order valence-electron chi connectivity index (χ1n) is 9.50. The van der Waals surface area contributed by atoms with Gasteiger partial charge in [-0.2, -0.15) is 0 Å². The van der Waals surface area contributed by atoms with Crippen LogP contribution >= 0.6 is 11.6 Å². The minimum absolute atomic E-state index is 0.0226. The quantitative estimate of drug-likeness (QED) is 0.537. The highest BCUT2D eigenvalue weighted by atomic mass is 35.5. The Balaban J connectivity index is 2.42. The summed E-state index contributed by atoms with van der Waals surface area (Å²) >= 11 is 6.57. The number of fused-ring (bicyclic) bond motifs is 1. The summed E-state index contributed by atoms with van der Waals surface area (Å²) < 4.78 is 0. The number of H-pyrrole nitrogens is 1. The molecule has 0 bridgehead atoms. The first kappa shape index (κ1) is 19.7. The van der Waals surface area contributed by atoms with Crippen LogP contribution < -0.4 is 0 Å². The van der Waals surface area contributed by atoms with Crippen molar-refractivity contribution >= 4 is 22.6 Å². The van der Waals surface area contributed by atoms with E-state index in [-0.39, 0.29) is 16.6 Å². The summed E-state index contributed by atoms with van der Waals surface area (Å²) in [6, 6.07) is 7.89. The summed E-state index contributed by atoms with van der Waals surface area (Å²) in [7, 11) is 0. The number of phenolic OH excluding ortho intramolecular Hbond substituents is 1. The first-order chi connectivity index (χ1) is 12.6. The second kappa shape index (κ2) is 6.83. The number of rotatable bonds is 5. The molecule has 3 rings (SSSR count). The Morgan fingerprint density at radius 3 is 2.33 bits per heavy atom. The largest absolute Gasteiger partial charge is 0.507 e. The van der Waals surface area contributed by atoms with Gasteiger partial charge in [0.2, 0.25) is 0 Å². The molecule has 0 amide bonds. The first-order valence-corrected chi connectivity index (χ1v) is 9.87. The van der Waals surface area contributed by atoms with E-state index in [9.17, 15) is 5.11 Å². The third kappa shape index (κ3) is 3.31. The summed E-state index contributed by atoms with van der Waals surface area (Å²) in [4.78, 5) is 0. The molecular weight excluding hydrogens is 358 g/mol. The van der Waals surface area contributed by atoms with Crippen molar-refractivity contribution in [2.24, 2.45) is 0 Å². The fourth-order valence-electron chi connectivity index (χ4n) is 3.27. The van der Waals surface area contributed by atoms with Crippen LogP contribution in [0.5, 0.6) is 5.75 Å². The monoisotopic (exact) mass is 385 g/mol. The normalized spacial score (nSPS) is 12.7. The van der Waals surface area contributed by atoms with Gasteiger partial charge in [0.1, 0.15) is 11.3 Å².